The lowest BCUT2D eigenvalue weighted by Gasteiger charge is -2.22. The van der Waals surface area contributed by atoms with E-state index in [0.717, 1.165) is 11.4 Å². The first-order valence-electron chi connectivity index (χ1n) is 7.67. The smallest absolute Gasteiger partial charge is 0.238 e. The van der Waals surface area contributed by atoms with Gasteiger partial charge in [-0.15, -0.1) is 0 Å². The number of aromatic nitrogens is 2. The molecule has 0 amide bonds. The second-order valence-corrected chi connectivity index (χ2v) is 7.50. The van der Waals surface area contributed by atoms with E-state index in [0.29, 0.717) is 12.5 Å². The third-order valence-electron chi connectivity index (χ3n) is 4.32. The van der Waals surface area contributed by atoms with Crippen molar-refractivity contribution in [2.75, 3.05) is 0 Å². The molecule has 5 nitrogen and oxygen atoms in total. The summed E-state index contributed by atoms with van der Waals surface area (Å²) in [7, 11) is -3.63. The Morgan fingerprint density at radius 2 is 1.82 bits per heavy atom. The highest BCUT2D eigenvalue weighted by molar-refractivity contribution is 7.89. The Morgan fingerprint density at radius 3 is 2.45 bits per heavy atom. The second kappa shape index (κ2) is 6.22. The van der Waals surface area contributed by atoms with Crippen LogP contribution in [0.25, 0.3) is 0 Å². The van der Waals surface area contributed by atoms with Crippen LogP contribution < -0.4 is 5.14 Å². The summed E-state index contributed by atoms with van der Waals surface area (Å²) in [5.74, 6) is 1.70. The summed E-state index contributed by atoms with van der Waals surface area (Å²) in [5, 5.41) is 5.12. The molecule has 22 heavy (non-hydrogen) atoms. The Morgan fingerprint density at radius 1 is 1.14 bits per heavy atom. The average Bonchev–Trinajstić information content (AvgIpc) is 2.96. The number of sulfonamides is 1. The van der Waals surface area contributed by atoms with Crippen molar-refractivity contribution in [2.24, 2.45) is 5.14 Å². The van der Waals surface area contributed by atoms with Gasteiger partial charge >= 0.3 is 0 Å². The van der Waals surface area contributed by atoms with Gasteiger partial charge in [-0.25, -0.2) is 18.5 Å². The molecule has 1 saturated carbocycles. The number of hydrogen-bond acceptors (Lipinski definition) is 3. The van der Waals surface area contributed by atoms with Crippen LogP contribution in [0.2, 0.25) is 0 Å². The van der Waals surface area contributed by atoms with Gasteiger partial charge in [-0.3, -0.25) is 0 Å². The molecule has 1 fully saturated rings. The maximum absolute atomic E-state index is 11.3. The van der Waals surface area contributed by atoms with Crippen LogP contribution in [0.4, 0.5) is 0 Å². The van der Waals surface area contributed by atoms with E-state index >= 15 is 0 Å². The predicted molar refractivity (Wildman–Crippen MR) is 85.0 cm³/mol. The van der Waals surface area contributed by atoms with E-state index in [2.05, 4.69) is 9.55 Å². The van der Waals surface area contributed by atoms with Gasteiger partial charge in [0.25, 0.3) is 0 Å². The summed E-state index contributed by atoms with van der Waals surface area (Å²) in [4.78, 5) is 4.69. The minimum atomic E-state index is -3.63. The van der Waals surface area contributed by atoms with Crippen LogP contribution in [0.1, 0.15) is 49.4 Å². The normalized spacial score (nSPS) is 16.8. The summed E-state index contributed by atoms with van der Waals surface area (Å²) >= 11 is 0. The SMILES string of the molecule is NS(=O)(=O)c1ccc(Cn2ccnc2C2CCCCC2)cc1. The van der Waals surface area contributed by atoms with Crippen LogP contribution in [-0.4, -0.2) is 18.0 Å². The van der Waals surface area contributed by atoms with E-state index in [1.165, 1.54) is 32.1 Å². The first kappa shape index (κ1) is 15.2. The summed E-state index contributed by atoms with van der Waals surface area (Å²) in [6, 6.07) is 6.73. The lowest BCUT2D eigenvalue weighted by molar-refractivity contribution is 0.418. The molecule has 2 N–H and O–H groups in total. The standard InChI is InChI=1S/C16H21N3O2S/c17-22(20,21)15-8-6-13(7-9-15)12-19-11-10-18-16(19)14-4-2-1-3-5-14/h6-11,14H,1-5,12H2,(H2,17,20,21). The van der Waals surface area contributed by atoms with Crippen LogP contribution >= 0.6 is 0 Å². The molecule has 3 rings (SSSR count). The summed E-state index contributed by atoms with van der Waals surface area (Å²) in [6.45, 7) is 0.705. The number of nitrogens with two attached hydrogens (primary N) is 1. The topological polar surface area (TPSA) is 78.0 Å². The molecule has 1 aromatic carbocycles. The Balaban J connectivity index is 1.77. The largest absolute Gasteiger partial charge is 0.330 e. The monoisotopic (exact) mass is 319 g/mol. The predicted octanol–water partition coefficient (Wildman–Crippen LogP) is 2.63. The maximum atomic E-state index is 11.3. The molecule has 1 heterocycles. The van der Waals surface area contributed by atoms with Gasteiger partial charge in [0, 0.05) is 24.9 Å². The highest BCUT2D eigenvalue weighted by Crippen LogP contribution is 2.31. The van der Waals surface area contributed by atoms with Gasteiger partial charge in [0.1, 0.15) is 5.82 Å². The second-order valence-electron chi connectivity index (χ2n) is 5.94. The van der Waals surface area contributed by atoms with Crippen molar-refractivity contribution in [3.63, 3.8) is 0 Å². The van der Waals surface area contributed by atoms with Gasteiger partial charge in [0.05, 0.1) is 4.90 Å². The zero-order valence-corrected chi connectivity index (χ0v) is 13.3. The molecule has 0 bridgehead atoms. The third-order valence-corrected chi connectivity index (χ3v) is 5.25. The third kappa shape index (κ3) is 3.39. The number of primary sulfonamides is 1. The lowest BCUT2D eigenvalue weighted by atomic mass is 9.88. The molecule has 0 saturated heterocycles. The van der Waals surface area contributed by atoms with Crippen LogP contribution in [0.5, 0.6) is 0 Å². The number of hydrogen-bond donors (Lipinski definition) is 1. The van der Waals surface area contributed by atoms with Crippen molar-refractivity contribution in [3.8, 4) is 0 Å². The fraction of sp³-hybridized carbons (Fsp3) is 0.438. The highest BCUT2D eigenvalue weighted by atomic mass is 32.2. The van der Waals surface area contributed by atoms with Crippen LogP contribution in [-0.2, 0) is 16.6 Å². The van der Waals surface area contributed by atoms with Gasteiger partial charge in [0.2, 0.25) is 10.0 Å². The fourth-order valence-corrected chi connectivity index (χ4v) is 3.67. The first-order valence-corrected chi connectivity index (χ1v) is 9.21. The quantitative estimate of drug-likeness (QED) is 0.941. The highest BCUT2D eigenvalue weighted by Gasteiger charge is 2.19. The Bertz CT molecular complexity index is 729. The van der Waals surface area contributed by atoms with Crippen LogP contribution in [0.3, 0.4) is 0 Å². The number of nitrogens with zero attached hydrogens (tertiary/aromatic N) is 2. The minimum absolute atomic E-state index is 0.148. The van der Waals surface area contributed by atoms with Gasteiger partial charge in [-0.05, 0) is 30.5 Å². The zero-order valence-electron chi connectivity index (χ0n) is 12.5. The molecule has 1 aliphatic carbocycles. The minimum Gasteiger partial charge on any atom is -0.330 e. The fourth-order valence-electron chi connectivity index (χ4n) is 3.16. The molecule has 118 valence electrons. The first-order chi connectivity index (χ1) is 10.5. The van der Waals surface area contributed by atoms with E-state index in [1.807, 2.05) is 24.5 Å². The average molecular weight is 319 g/mol. The maximum Gasteiger partial charge on any atom is 0.238 e. The molecule has 0 radical (unpaired) electrons. The molecular formula is C16H21N3O2S. The number of rotatable bonds is 4. The van der Waals surface area contributed by atoms with E-state index < -0.39 is 10.0 Å². The van der Waals surface area contributed by atoms with E-state index in [-0.39, 0.29) is 4.90 Å². The molecule has 0 spiro atoms. The summed E-state index contributed by atoms with van der Waals surface area (Å²) in [5.41, 5.74) is 1.04. The summed E-state index contributed by atoms with van der Waals surface area (Å²) < 4.78 is 24.7. The van der Waals surface area contributed by atoms with Crippen LogP contribution in [0, 0.1) is 0 Å². The van der Waals surface area contributed by atoms with Crippen LogP contribution in [0.15, 0.2) is 41.6 Å². The molecule has 0 unspecified atom stereocenters. The van der Waals surface area contributed by atoms with E-state index in [9.17, 15) is 8.42 Å². The number of imidazole rings is 1. The van der Waals surface area contributed by atoms with Gasteiger partial charge < -0.3 is 4.57 Å². The van der Waals surface area contributed by atoms with Crippen molar-refractivity contribution in [1.29, 1.82) is 0 Å². The molecular weight excluding hydrogens is 298 g/mol. The van der Waals surface area contributed by atoms with Gasteiger partial charge in [-0.1, -0.05) is 31.4 Å². The van der Waals surface area contributed by atoms with E-state index in [4.69, 9.17) is 5.14 Å². The zero-order chi connectivity index (χ0) is 15.6. The van der Waals surface area contributed by atoms with Gasteiger partial charge in [0.15, 0.2) is 0 Å². The van der Waals surface area contributed by atoms with Crippen molar-refractivity contribution in [1.82, 2.24) is 9.55 Å². The molecule has 1 aliphatic rings. The lowest BCUT2D eigenvalue weighted by Crippen LogP contribution is -2.13. The molecule has 6 heteroatoms. The Kier molecular flexibility index (Phi) is 4.31. The molecule has 0 atom stereocenters. The molecule has 2 aromatic rings. The van der Waals surface area contributed by atoms with Gasteiger partial charge in [-0.2, -0.15) is 0 Å². The molecule has 0 aliphatic heterocycles. The molecule has 1 aromatic heterocycles. The van der Waals surface area contributed by atoms with Crippen molar-refractivity contribution >= 4 is 10.0 Å². The number of benzene rings is 1. The van der Waals surface area contributed by atoms with E-state index in [1.54, 1.807) is 12.1 Å². The van der Waals surface area contributed by atoms with Crippen molar-refractivity contribution in [3.05, 3.63) is 48.0 Å². The Hall–Kier alpha value is -1.66. The Labute approximate surface area is 131 Å². The van der Waals surface area contributed by atoms with Crippen molar-refractivity contribution in [2.45, 2.75) is 49.5 Å². The summed E-state index contributed by atoms with van der Waals surface area (Å²) in [6.07, 6.45) is 10.1. The van der Waals surface area contributed by atoms with Crippen molar-refractivity contribution < 1.29 is 8.42 Å².